The Kier molecular flexibility index (Phi) is 5.06. The van der Waals surface area contributed by atoms with Crippen molar-refractivity contribution in [2.24, 2.45) is 5.73 Å². The van der Waals surface area contributed by atoms with Crippen LogP contribution in [0.4, 0.5) is 0 Å². The molecule has 12 heavy (non-hydrogen) atoms. The molecule has 4 nitrogen and oxygen atoms in total. The number of rotatable bonds is 1. The molecule has 1 unspecified atom stereocenters. The van der Waals surface area contributed by atoms with E-state index in [-0.39, 0.29) is 30.9 Å². The van der Waals surface area contributed by atoms with Crippen molar-refractivity contribution in [3.8, 4) is 6.07 Å². The maximum atomic E-state index is 11.0. The first-order valence-corrected chi connectivity index (χ1v) is 4.42. The van der Waals surface area contributed by atoms with E-state index in [1.165, 1.54) is 4.90 Å². The second kappa shape index (κ2) is 5.25. The van der Waals surface area contributed by atoms with Gasteiger partial charge >= 0.3 is 0 Å². The van der Waals surface area contributed by atoms with Crippen LogP contribution in [0.15, 0.2) is 0 Å². The molecule has 6 heteroatoms. The lowest BCUT2D eigenvalue weighted by Gasteiger charge is -2.16. The summed E-state index contributed by atoms with van der Waals surface area (Å²) in [5.74, 6) is 1.18. The van der Waals surface area contributed by atoms with Gasteiger partial charge in [0.05, 0.1) is 18.5 Å². The Balaban J connectivity index is 0.00000121. The lowest BCUT2D eigenvalue weighted by atomic mass is 10.3. The van der Waals surface area contributed by atoms with Crippen molar-refractivity contribution >= 4 is 30.1 Å². The summed E-state index contributed by atoms with van der Waals surface area (Å²) in [4.78, 5) is 12.5. The van der Waals surface area contributed by atoms with E-state index in [0.29, 0.717) is 11.6 Å². The number of halogens is 1. The summed E-state index contributed by atoms with van der Waals surface area (Å²) in [6, 6.07) is 1.79. The van der Waals surface area contributed by atoms with E-state index in [1.807, 2.05) is 0 Å². The van der Waals surface area contributed by atoms with Gasteiger partial charge in [0.2, 0.25) is 5.91 Å². The molecule has 1 amide bonds. The van der Waals surface area contributed by atoms with Gasteiger partial charge in [-0.15, -0.1) is 24.2 Å². The number of hydrogen-bond acceptors (Lipinski definition) is 4. The zero-order valence-corrected chi connectivity index (χ0v) is 8.03. The van der Waals surface area contributed by atoms with Gasteiger partial charge in [0.15, 0.2) is 0 Å². The molecule has 2 N–H and O–H groups in total. The second-order valence-electron chi connectivity index (χ2n) is 2.21. The van der Waals surface area contributed by atoms with E-state index in [9.17, 15) is 4.79 Å². The molecule has 0 radical (unpaired) electrons. The zero-order valence-electron chi connectivity index (χ0n) is 6.40. The van der Waals surface area contributed by atoms with Crippen molar-refractivity contribution in [3.05, 3.63) is 0 Å². The summed E-state index contributed by atoms with van der Waals surface area (Å²) >= 11 is 1.59. The zero-order chi connectivity index (χ0) is 8.27. The maximum absolute atomic E-state index is 11.0. The molecule has 1 fully saturated rings. The van der Waals surface area contributed by atoms with Crippen LogP contribution in [-0.2, 0) is 4.79 Å². The minimum Gasteiger partial charge on any atom is -0.322 e. The van der Waals surface area contributed by atoms with Crippen molar-refractivity contribution in [2.75, 3.05) is 18.2 Å². The van der Waals surface area contributed by atoms with Gasteiger partial charge in [0.25, 0.3) is 0 Å². The number of hydrogen-bond donors (Lipinski definition) is 1. The van der Waals surface area contributed by atoms with Gasteiger partial charge in [-0.2, -0.15) is 5.26 Å². The van der Waals surface area contributed by atoms with Gasteiger partial charge in [-0.1, -0.05) is 0 Å². The van der Waals surface area contributed by atoms with Crippen LogP contribution >= 0.6 is 24.2 Å². The van der Waals surface area contributed by atoms with Crippen molar-refractivity contribution < 1.29 is 4.79 Å². The SMILES string of the molecule is Cl.N#CC1CSCN1C(=O)CN. The highest BCUT2D eigenvalue weighted by atomic mass is 35.5. The second-order valence-corrected chi connectivity index (χ2v) is 3.21. The molecule has 0 aliphatic carbocycles. The van der Waals surface area contributed by atoms with Crippen LogP contribution in [0.3, 0.4) is 0 Å². The smallest absolute Gasteiger partial charge is 0.238 e. The molecule has 0 aromatic rings. The fourth-order valence-electron chi connectivity index (χ4n) is 0.913. The van der Waals surface area contributed by atoms with Crippen LogP contribution in [0.1, 0.15) is 0 Å². The van der Waals surface area contributed by atoms with E-state index in [1.54, 1.807) is 11.8 Å². The summed E-state index contributed by atoms with van der Waals surface area (Å²) in [6.07, 6.45) is 0. The van der Waals surface area contributed by atoms with Crippen LogP contribution in [0.5, 0.6) is 0 Å². The highest BCUT2D eigenvalue weighted by molar-refractivity contribution is 7.99. The van der Waals surface area contributed by atoms with E-state index < -0.39 is 0 Å². The van der Waals surface area contributed by atoms with Gasteiger partial charge in [0.1, 0.15) is 6.04 Å². The van der Waals surface area contributed by atoms with Crippen molar-refractivity contribution in [1.82, 2.24) is 4.90 Å². The number of carbonyl (C=O) groups excluding carboxylic acids is 1. The minimum absolute atomic E-state index is 0. The average Bonchev–Trinajstić information content (AvgIpc) is 2.50. The molecule has 0 spiro atoms. The molecule has 0 aromatic heterocycles. The molecule has 1 rings (SSSR count). The minimum atomic E-state index is -0.268. The van der Waals surface area contributed by atoms with E-state index in [2.05, 4.69) is 6.07 Å². The Hall–Kier alpha value is -0.440. The van der Waals surface area contributed by atoms with E-state index in [4.69, 9.17) is 11.0 Å². The molecule has 1 aliphatic rings. The molecule has 0 saturated carbocycles. The number of nitrogens with zero attached hydrogens (tertiary/aromatic N) is 2. The summed E-state index contributed by atoms with van der Waals surface area (Å²) in [5, 5.41) is 8.58. The number of amides is 1. The summed E-state index contributed by atoms with van der Waals surface area (Å²) in [7, 11) is 0. The molecular weight excluding hydrogens is 198 g/mol. The summed E-state index contributed by atoms with van der Waals surface area (Å²) in [5.41, 5.74) is 5.16. The van der Waals surface area contributed by atoms with E-state index >= 15 is 0 Å². The molecule has 68 valence electrons. The van der Waals surface area contributed by atoms with Crippen molar-refractivity contribution in [2.45, 2.75) is 6.04 Å². The first-order valence-electron chi connectivity index (χ1n) is 3.26. The van der Waals surface area contributed by atoms with Crippen molar-refractivity contribution in [1.29, 1.82) is 5.26 Å². The van der Waals surface area contributed by atoms with Gasteiger partial charge < -0.3 is 10.6 Å². The van der Waals surface area contributed by atoms with Gasteiger partial charge in [-0.05, 0) is 0 Å². The van der Waals surface area contributed by atoms with Crippen LogP contribution in [0.25, 0.3) is 0 Å². The van der Waals surface area contributed by atoms with Gasteiger partial charge in [-0.25, -0.2) is 0 Å². The fourth-order valence-corrected chi connectivity index (χ4v) is 2.02. The Labute approximate surface area is 81.5 Å². The third-order valence-corrected chi connectivity index (χ3v) is 2.54. The Morgan fingerprint density at radius 2 is 2.50 bits per heavy atom. The maximum Gasteiger partial charge on any atom is 0.238 e. The molecule has 1 heterocycles. The fraction of sp³-hybridized carbons (Fsp3) is 0.667. The predicted molar refractivity (Wildman–Crippen MR) is 49.9 cm³/mol. The quantitative estimate of drug-likeness (QED) is 0.646. The molecule has 0 aromatic carbocycles. The monoisotopic (exact) mass is 207 g/mol. The summed E-state index contributed by atoms with van der Waals surface area (Å²) < 4.78 is 0. The third-order valence-electron chi connectivity index (χ3n) is 1.53. The van der Waals surface area contributed by atoms with Crippen molar-refractivity contribution in [3.63, 3.8) is 0 Å². The third kappa shape index (κ3) is 2.27. The van der Waals surface area contributed by atoms with Crippen LogP contribution < -0.4 is 5.73 Å². The van der Waals surface area contributed by atoms with Crippen LogP contribution in [0, 0.1) is 11.3 Å². The Bertz CT molecular complexity index is 205. The average molecular weight is 208 g/mol. The number of nitrogens with two attached hydrogens (primary N) is 1. The lowest BCUT2D eigenvalue weighted by Crippen LogP contribution is -2.39. The number of nitriles is 1. The molecular formula is C6H10ClN3OS. The largest absolute Gasteiger partial charge is 0.322 e. The molecule has 1 saturated heterocycles. The normalized spacial score (nSPS) is 21.3. The highest BCUT2D eigenvalue weighted by Crippen LogP contribution is 2.19. The Morgan fingerprint density at radius 3 is 3.00 bits per heavy atom. The first kappa shape index (κ1) is 11.6. The van der Waals surface area contributed by atoms with E-state index in [0.717, 1.165) is 0 Å². The van der Waals surface area contributed by atoms with Gasteiger partial charge in [-0.3, -0.25) is 4.79 Å². The predicted octanol–water partition coefficient (Wildman–Crippen LogP) is -0.208. The lowest BCUT2D eigenvalue weighted by molar-refractivity contribution is -0.129. The summed E-state index contributed by atoms with van der Waals surface area (Å²) in [6.45, 7) is -0.00125. The standard InChI is InChI=1S/C6H9N3OS.ClH/c7-1-5-3-11-4-9(5)6(10)2-8;/h5H,2-4,8H2;1H. The number of carbonyl (C=O) groups is 1. The van der Waals surface area contributed by atoms with Crippen LogP contribution in [-0.4, -0.2) is 35.0 Å². The van der Waals surface area contributed by atoms with Gasteiger partial charge in [0, 0.05) is 5.75 Å². The van der Waals surface area contributed by atoms with Crippen LogP contribution in [0.2, 0.25) is 0 Å². The Morgan fingerprint density at radius 1 is 1.83 bits per heavy atom. The number of thioether (sulfide) groups is 1. The molecule has 0 bridgehead atoms. The molecule has 1 atom stereocenters. The molecule has 1 aliphatic heterocycles. The topological polar surface area (TPSA) is 70.1 Å². The first-order chi connectivity index (χ1) is 5.29. The highest BCUT2D eigenvalue weighted by Gasteiger charge is 2.27.